The quantitative estimate of drug-likeness (QED) is 0.680. The lowest BCUT2D eigenvalue weighted by Gasteiger charge is -2.16. The zero-order valence-electron chi connectivity index (χ0n) is 11.6. The third-order valence-electron chi connectivity index (χ3n) is 3.03. The number of hydrogen-bond acceptors (Lipinski definition) is 4. The van der Waals surface area contributed by atoms with Gasteiger partial charge in [0.1, 0.15) is 0 Å². The van der Waals surface area contributed by atoms with Crippen LogP contribution in [0.3, 0.4) is 0 Å². The molecule has 1 amide bonds. The highest BCUT2D eigenvalue weighted by molar-refractivity contribution is 8.00. The molecule has 0 fully saturated rings. The Hall–Kier alpha value is -1.46. The molecular weight excluding hydrogens is 288 g/mol. The number of benzene rings is 1. The highest BCUT2D eigenvalue weighted by atomic mass is 32.2. The lowest BCUT2D eigenvalue weighted by atomic mass is 10.2. The summed E-state index contributed by atoms with van der Waals surface area (Å²) in [6.45, 7) is 2.65. The molecule has 0 atom stereocenters. The first-order chi connectivity index (χ1) is 9.56. The number of amides is 1. The second-order valence-corrected chi connectivity index (χ2v) is 6.52. The van der Waals surface area contributed by atoms with Gasteiger partial charge in [0.2, 0.25) is 5.91 Å². The van der Waals surface area contributed by atoms with E-state index in [1.807, 2.05) is 43.6 Å². The minimum atomic E-state index is 0.135. The number of thiophene rings is 1. The van der Waals surface area contributed by atoms with Crippen molar-refractivity contribution in [2.24, 2.45) is 0 Å². The van der Waals surface area contributed by atoms with Crippen molar-refractivity contribution in [2.75, 3.05) is 18.5 Å². The van der Waals surface area contributed by atoms with Gasteiger partial charge in [-0.25, -0.2) is 0 Å². The SMILES string of the molecule is Cc1cc(SCC(=O)N(C)Cc2ccsc2)ccc1N. The average Bonchev–Trinajstić information content (AvgIpc) is 2.92. The summed E-state index contributed by atoms with van der Waals surface area (Å²) < 4.78 is 0. The molecule has 0 bridgehead atoms. The van der Waals surface area contributed by atoms with Crippen LogP contribution < -0.4 is 5.73 Å². The van der Waals surface area contributed by atoms with Crippen molar-refractivity contribution in [3.8, 4) is 0 Å². The topological polar surface area (TPSA) is 46.3 Å². The molecule has 0 spiro atoms. The summed E-state index contributed by atoms with van der Waals surface area (Å²) in [5.41, 5.74) is 8.80. The number of nitrogens with zero attached hydrogens (tertiary/aromatic N) is 1. The van der Waals surface area contributed by atoms with E-state index in [2.05, 4.69) is 5.38 Å². The number of rotatable bonds is 5. The molecule has 0 unspecified atom stereocenters. The third kappa shape index (κ3) is 4.02. The van der Waals surface area contributed by atoms with E-state index in [1.165, 1.54) is 5.56 Å². The van der Waals surface area contributed by atoms with Crippen LogP contribution in [0.15, 0.2) is 39.9 Å². The highest BCUT2D eigenvalue weighted by Gasteiger charge is 2.10. The minimum Gasteiger partial charge on any atom is -0.399 e. The summed E-state index contributed by atoms with van der Waals surface area (Å²) in [5, 5.41) is 4.10. The fourth-order valence-electron chi connectivity index (χ4n) is 1.74. The number of nitrogens with two attached hydrogens (primary N) is 1. The fourth-order valence-corrected chi connectivity index (χ4v) is 3.33. The Kier molecular flexibility index (Phi) is 5.09. The van der Waals surface area contributed by atoms with Gasteiger partial charge in [-0.1, -0.05) is 0 Å². The predicted octanol–water partition coefficient (Wildman–Crippen LogP) is 3.39. The van der Waals surface area contributed by atoms with Crippen molar-refractivity contribution in [3.63, 3.8) is 0 Å². The summed E-state index contributed by atoms with van der Waals surface area (Å²) in [6.07, 6.45) is 0. The number of thioether (sulfide) groups is 1. The first kappa shape index (κ1) is 14.9. The molecule has 3 nitrogen and oxygen atoms in total. The van der Waals surface area contributed by atoms with E-state index in [0.717, 1.165) is 16.1 Å². The molecule has 1 heterocycles. The van der Waals surface area contributed by atoms with E-state index in [9.17, 15) is 4.79 Å². The predicted molar refractivity (Wildman–Crippen MR) is 87.1 cm³/mol. The van der Waals surface area contributed by atoms with E-state index in [4.69, 9.17) is 5.73 Å². The maximum Gasteiger partial charge on any atom is 0.232 e. The van der Waals surface area contributed by atoms with Crippen LogP contribution in [0.1, 0.15) is 11.1 Å². The highest BCUT2D eigenvalue weighted by Crippen LogP contribution is 2.22. The molecule has 2 aromatic rings. The van der Waals surface area contributed by atoms with E-state index >= 15 is 0 Å². The summed E-state index contributed by atoms with van der Waals surface area (Å²) in [6, 6.07) is 7.91. The van der Waals surface area contributed by atoms with E-state index in [-0.39, 0.29) is 5.91 Å². The van der Waals surface area contributed by atoms with Crippen LogP contribution in [0.4, 0.5) is 5.69 Å². The van der Waals surface area contributed by atoms with Crippen LogP contribution in [-0.4, -0.2) is 23.6 Å². The molecular formula is C15H18N2OS2. The summed E-state index contributed by atoms with van der Waals surface area (Å²) in [4.78, 5) is 14.9. The van der Waals surface area contributed by atoms with E-state index < -0.39 is 0 Å². The third-order valence-corrected chi connectivity index (χ3v) is 4.74. The molecule has 0 aliphatic rings. The average molecular weight is 306 g/mol. The minimum absolute atomic E-state index is 0.135. The summed E-state index contributed by atoms with van der Waals surface area (Å²) in [5.74, 6) is 0.583. The molecule has 0 aliphatic carbocycles. The normalized spacial score (nSPS) is 10.5. The van der Waals surface area contributed by atoms with Crippen LogP contribution >= 0.6 is 23.1 Å². The monoisotopic (exact) mass is 306 g/mol. The van der Waals surface area contributed by atoms with Crippen molar-refractivity contribution in [1.82, 2.24) is 4.90 Å². The Bertz CT molecular complexity index is 582. The smallest absolute Gasteiger partial charge is 0.232 e. The van der Waals surface area contributed by atoms with Gasteiger partial charge < -0.3 is 10.6 Å². The first-order valence-corrected chi connectivity index (χ1v) is 8.23. The molecule has 5 heteroatoms. The maximum atomic E-state index is 12.1. The summed E-state index contributed by atoms with van der Waals surface area (Å²) >= 11 is 3.20. The molecule has 2 rings (SSSR count). The number of carbonyl (C=O) groups excluding carboxylic acids is 1. The Labute approximate surface area is 127 Å². The van der Waals surface area contributed by atoms with Gasteiger partial charge in [-0.15, -0.1) is 11.8 Å². The lowest BCUT2D eigenvalue weighted by molar-refractivity contribution is -0.127. The van der Waals surface area contributed by atoms with Crippen LogP contribution in [-0.2, 0) is 11.3 Å². The molecule has 0 radical (unpaired) electrons. The van der Waals surface area contributed by atoms with Gasteiger partial charge >= 0.3 is 0 Å². The van der Waals surface area contributed by atoms with E-state index in [1.54, 1.807) is 28.0 Å². The van der Waals surface area contributed by atoms with Gasteiger partial charge in [-0.05, 0) is 53.1 Å². The molecule has 20 heavy (non-hydrogen) atoms. The Morgan fingerprint density at radius 1 is 1.40 bits per heavy atom. The van der Waals surface area contributed by atoms with Crippen LogP contribution in [0.25, 0.3) is 0 Å². The van der Waals surface area contributed by atoms with Gasteiger partial charge in [-0.2, -0.15) is 11.3 Å². The van der Waals surface area contributed by atoms with Crippen molar-refractivity contribution < 1.29 is 4.79 Å². The van der Waals surface area contributed by atoms with Crippen molar-refractivity contribution >= 4 is 34.7 Å². The Morgan fingerprint density at radius 2 is 2.20 bits per heavy atom. The van der Waals surface area contributed by atoms with Gasteiger partial charge in [0.25, 0.3) is 0 Å². The van der Waals surface area contributed by atoms with Gasteiger partial charge in [0, 0.05) is 24.2 Å². The number of anilines is 1. The molecule has 1 aromatic heterocycles. The molecule has 0 saturated heterocycles. The van der Waals surface area contributed by atoms with E-state index in [0.29, 0.717) is 12.3 Å². The largest absolute Gasteiger partial charge is 0.399 e. The Morgan fingerprint density at radius 3 is 2.85 bits per heavy atom. The molecule has 1 aromatic carbocycles. The second kappa shape index (κ2) is 6.81. The van der Waals surface area contributed by atoms with Crippen molar-refractivity contribution in [1.29, 1.82) is 0 Å². The summed E-state index contributed by atoms with van der Waals surface area (Å²) in [7, 11) is 1.84. The van der Waals surface area contributed by atoms with Crippen LogP contribution in [0, 0.1) is 6.92 Å². The Balaban J connectivity index is 1.86. The first-order valence-electron chi connectivity index (χ1n) is 6.30. The van der Waals surface area contributed by atoms with Gasteiger partial charge in [-0.3, -0.25) is 4.79 Å². The standard InChI is InChI=1S/C15H18N2OS2/c1-11-7-13(3-4-14(11)16)20-10-15(18)17(2)8-12-5-6-19-9-12/h3-7,9H,8,10,16H2,1-2H3. The zero-order chi connectivity index (χ0) is 14.5. The zero-order valence-corrected chi connectivity index (χ0v) is 13.3. The lowest BCUT2D eigenvalue weighted by Crippen LogP contribution is -2.27. The second-order valence-electron chi connectivity index (χ2n) is 4.69. The molecule has 2 N–H and O–H groups in total. The van der Waals surface area contributed by atoms with Gasteiger partial charge in [0.15, 0.2) is 0 Å². The number of hydrogen-bond donors (Lipinski definition) is 1. The molecule has 0 aliphatic heterocycles. The molecule has 106 valence electrons. The molecule has 0 saturated carbocycles. The van der Waals surface area contributed by atoms with Gasteiger partial charge in [0.05, 0.1) is 5.75 Å². The van der Waals surface area contributed by atoms with Crippen LogP contribution in [0.5, 0.6) is 0 Å². The van der Waals surface area contributed by atoms with Crippen LogP contribution in [0.2, 0.25) is 0 Å². The number of aryl methyl sites for hydroxylation is 1. The maximum absolute atomic E-state index is 12.1. The van der Waals surface area contributed by atoms with Crippen molar-refractivity contribution in [3.05, 3.63) is 46.2 Å². The fraction of sp³-hybridized carbons (Fsp3) is 0.267. The van der Waals surface area contributed by atoms with Crippen molar-refractivity contribution in [2.45, 2.75) is 18.4 Å². The number of carbonyl (C=O) groups is 1. The number of nitrogen functional groups attached to an aromatic ring is 1.